The van der Waals surface area contributed by atoms with E-state index in [-0.39, 0.29) is 0 Å². The van der Waals surface area contributed by atoms with Gasteiger partial charge in [-0.3, -0.25) is 0 Å². The lowest BCUT2D eigenvalue weighted by molar-refractivity contribution is 0.228. The van der Waals surface area contributed by atoms with E-state index in [1.54, 1.807) is 0 Å². The third-order valence-electron chi connectivity index (χ3n) is 2.83. The molecule has 0 unspecified atom stereocenters. The van der Waals surface area contributed by atoms with E-state index in [4.69, 9.17) is 4.74 Å². The van der Waals surface area contributed by atoms with Crippen LogP contribution in [0.4, 0.5) is 0 Å². The van der Waals surface area contributed by atoms with Gasteiger partial charge in [-0.1, -0.05) is 6.08 Å². The number of hydrogen-bond acceptors (Lipinski definition) is 1. The van der Waals surface area contributed by atoms with Gasteiger partial charge in [0.05, 0.1) is 5.76 Å². The van der Waals surface area contributed by atoms with Gasteiger partial charge in [0.2, 0.25) is 0 Å². The fourth-order valence-corrected chi connectivity index (χ4v) is 1.99. The fraction of sp³-hybridized carbons (Fsp3) is 0.667. The van der Waals surface area contributed by atoms with Gasteiger partial charge in [0.1, 0.15) is 6.61 Å². The van der Waals surface area contributed by atoms with Crippen molar-refractivity contribution in [3.8, 4) is 0 Å². The lowest BCUT2D eigenvalue weighted by atomic mass is 10.0. The highest BCUT2D eigenvalue weighted by atomic mass is 16.5. The van der Waals surface area contributed by atoms with Crippen LogP contribution < -0.4 is 0 Å². The SMILES string of the molecule is C1=C(COC2=CCCC2)CCCC1. The minimum Gasteiger partial charge on any atom is -0.494 e. The third-order valence-corrected chi connectivity index (χ3v) is 2.83. The molecule has 2 aliphatic carbocycles. The summed E-state index contributed by atoms with van der Waals surface area (Å²) in [5, 5.41) is 0. The molecule has 13 heavy (non-hydrogen) atoms. The summed E-state index contributed by atoms with van der Waals surface area (Å²) < 4.78 is 5.74. The van der Waals surface area contributed by atoms with Crippen LogP contribution in [0.3, 0.4) is 0 Å². The molecule has 0 saturated carbocycles. The van der Waals surface area contributed by atoms with Crippen LogP contribution in [0, 0.1) is 0 Å². The second-order valence-corrected chi connectivity index (χ2v) is 3.96. The summed E-state index contributed by atoms with van der Waals surface area (Å²) in [7, 11) is 0. The minimum absolute atomic E-state index is 0.853. The number of allylic oxidation sites excluding steroid dienone is 3. The summed E-state index contributed by atoms with van der Waals surface area (Å²) >= 11 is 0. The molecule has 0 N–H and O–H groups in total. The summed E-state index contributed by atoms with van der Waals surface area (Å²) in [6, 6.07) is 0. The molecule has 1 nitrogen and oxygen atoms in total. The van der Waals surface area contributed by atoms with Crippen LogP contribution in [0.5, 0.6) is 0 Å². The maximum atomic E-state index is 5.74. The van der Waals surface area contributed by atoms with E-state index in [1.165, 1.54) is 49.9 Å². The van der Waals surface area contributed by atoms with Crippen molar-refractivity contribution in [2.45, 2.75) is 44.9 Å². The van der Waals surface area contributed by atoms with Gasteiger partial charge in [-0.05, 0) is 50.2 Å². The summed E-state index contributed by atoms with van der Waals surface area (Å²) in [4.78, 5) is 0. The Balaban J connectivity index is 1.74. The fourth-order valence-electron chi connectivity index (χ4n) is 1.99. The second-order valence-electron chi connectivity index (χ2n) is 3.96. The zero-order chi connectivity index (χ0) is 8.93. The maximum absolute atomic E-state index is 5.74. The van der Waals surface area contributed by atoms with Gasteiger partial charge in [-0.15, -0.1) is 0 Å². The largest absolute Gasteiger partial charge is 0.494 e. The maximum Gasteiger partial charge on any atom is 0.109 e. The topological polar surface area (TPSA) is 9.23 Å². The smallest absolute Gasteiger partial charge is 0.109 e. The Labute approximate surface area is 80.5 Å². The van der Waals surface area contributed by atoms with Gasteiger partial charge in [-0.2, -0.15) is 0 Å². The van der Waals surface area contributed by atoms with Crippen molar-refractivity contribution in [1.29, 1.82) is 0 Å². The Morgan fingerprint density at radius 1 is 1.00 bits per heavy atom. The molecule has 0 aromatic rings. The predicted molar refractivity (Wildman–Crippen MR) is 54.4 cm³/mol. The first kappa shape index (κ1) is 8.86. The number of hydrogen-bond donors (Lipinski definition) is 0. The van der Waals surface area contributed by atoms with Crippen LogP contribution in [-0.4, -0.2) is 6.61 Å². The molecule has 0 radical (unpaired) electrons. The van der Waals surface area contributed by atoms with E-state index in [2.05, 4.69) is 12.2 Å². The molecule has 0 aromatic heterocycles. The van der Waals surface area contributed by atoms with Crippen LogP contribution in [0.1, 0.15) is 44.9 Å². The monoisotopic (exact) mass is 178 g/mol. The molecule has 0 saturated heterocycles. The van der Waals surface area contributed by atoms with Crippen molar-refractivity contribution >= 4 is 0 Å². The third kappa shape index (κ3) is 2.61. The minimum atomic E-state index is 0.853. The highest BCUT2D eigenvalue weighted by Gasteiger charge is 2.08. The van der Waals surface area contributed by atoms with Gasteiger partial charge in [0.15, 0.2) is 0 Å². The molecule has 1 heteroatoms. The molecular formula is C12H18O. The first-order valence-electron chi connectivity index (χ1n) is 5.45. The predicted octanol–water partition coefficient (Wildman–Crippen LogP) is 3.57. The summed E-state index contributed by atoms with van der Waals surface area (Å²) in [5.74, 6) is 1.23. The van der Waals surface area contributed by atoms with Crippen LogP contribution >= 0.6 is 0 Å². The average molecular weight is 178 g/mol. The van der Waals surface area contributed by atoms with E-state index >= 15 is 0 Å². The quantitative estimate of drug-likeness (QED) is 0.600. The lowest BCUT2D eigenvalue weighted by Crippen LogP contribution is -2.00. The zero-order valence-electron chi connectivity index (χ0n) is 8.22. The molecule has 2 aliphatic rings. The molecule has 0 atom stereocenters. The van der Waals surface area contributed by atoms with Crippen molar-refractivity contribution in [2.24, 2.45) is 0 Å². The van der Waals surface area contributed by atoms with Crippen molar-refractivity contribution in [3.05, 3.63) is 23.5 Å². The van der Waals surface area contributed by atoms with E-state index in [0.717, 1.165) is 13.0 Å². The van der Waals surface area contributed by atoms with Gasteiger partial charge < -0.3 is 4.74 Å². The lowest BCUT2D eigenvalue weighted by Gasteiger charge is -2.13. The molecular weight excluding hydrogens is 160 g/mol. The van der Waals surface area contributed by atoms with Crippen molar-refractivity contribution < 1.29 is 4.74 Å². The molecule has 0 amide bonds. The Hall–Kier alpha value is -0.720. The molecule has 0 bridgehead atoms. The zero-order valence-corrected chi connectivity index (χ0v) is 8.22. The van der Waals surface area contributed by atoms with Crippen LogP contribution in [0.2, 0.25) is 0 Å². The van der Waals surface area contributed by atoms with Gasteiger partial charge in [0.25, 0.3) is 0 Å². The van der Waals surface area contributed by atoms with E-state index in [0.29, 0.717) is 0 Å². The van der Waals surface area contributed by atoms with Gasteiger partial charge >= 0.3 is 0 Å². The summed E-state index contributed by atoms with van der Waals surface area (Å²) in [5.41, 5.74) is 1.51. The van der Waals surface area contributed by atoms with Crippen LogP contribution in [-0.2, 0) is 4.74 Å². The van der Waals surface area contributed by atoms with Crippen molar-refractivity contribution in [1.82, 2.24) is 0 Å². The molecule has 0 fully saturated rings. The highest BCUT2D eigenvalue weighted by molar-refractivity contribution is 5.07. The summed E-state index contributed by atoms with van der Waals surface area (Å²) in [6.07, 6.45) is 13.5. The normalized spacial score (nSPS) is 22.5. The molecule has 0 spiro atoms. The highest BCUT2D eigenvalue weighted by Crippen LogP contribution is 2.22. The summed E-state index contributed by atoms with van der Waals surface area (Å²) in [6.45, 7) is 0.853. The number of rotatable bonds is 3. The van der Waals surface area contributed by atoms with Crippen molar-refractivity contribution in [3.63, 3.8) is 0 Å². The molecule has 0 heterocycles. The van der Waals surface area contributed by atoms with Gasteiger partial charge in [0, 0.05) is 6.42 Å². The Kier molecular flexibility index (Phi) is 3.07. The first-order valence-corrected chi connectivity index (χ1v) is 5.45. The molecule has 0 aliphatic heterocycles. The Bertz CT molecular complexity index is 225. The second kappa shape index (κ2) is 4.50. The average Bonchev–Trinajstić information content (AvgIpc) is 2.69. The van der Waals surface area contributed by atoms with Crippen LogP contribution in [0.15, 0.2) is 23.5 Å². The number of ether oxygens (including phenoxy) is 1. The van der Waals surface area contributed by atoms with E-state index in [9.17, 15) is 0 Å². The molecule has 0 aromatic carbocycles. The van der Waals surface area contributed by atoms with Crippen molar-refractivity contribution in [2.75, 3.05) is 6.61 Å². The first-order chi connectivity index (χ1) is 6.45. The Morgan fingerprint density at radius 2 is 1.92 bits per heavy atom. The van der Waals surface area contributed by atoms with E-state index in [1.807, 2.05) is 0 Å². The standard InChI is InChI=1S/C12H18O/c1-2-6-11(7-3-1)10-13-12-8-4-5-9-12/h6,8H,1-5,7,9-10H2. The molecule has 2 rings (SSSR count). The van der Waals surface area contributed by atoms with Crippen LogP contribution in [0.25, 0.3) is 0 Å². The van der Waals surface area contributed by atoms with E-state index < -0.39 is 0 Å². The Morgan fingerprint density at radius 3 is 2.62 bits per heavy atom. The van der Waals surface area contributed by atoms with Gasteiger partial charge in [-0.25, -0.2) is 0 Å². The molecule has 72 valence electrons.